The van der Waals surface area contributed by atoms with Crippen LogP contribution in [0.4, 0.5) is 24.0 Å². The van der Waals surface area contributed by atoms with Crippen molar-refractivity contribution in [2.24, 2.45) is 5.16 Å². The minimum atomic E-state index is -5.17. The molecule has 1 aromatic heterocycles. The first-order valence-corrected chi connectivity index (χ1v) is 15.7. The molecule has 2 aliphatic rings. The van der Waals surface area contributed by atoms with E-state index in [1.165, 1.54) is 47.5 Å². The molecule has 2 aromatic carbocycles. The summed E-state index contributed by atoms with van der Waals surface area (Å²) in [5.41, 5.74) is 1.29. The second-order valence-electron chi connectivity index (χ2n) is 10.2. The Morgan fingerprint density at radius 3 is 2.44 bits per heavy atom. The second-order valence-corrected chi connectivity index (χ2v) is 12.2. The minimum Gasteiger partial charge on any atom is -0.456 e. The number of nitrogens with zero attached hydrogens (tertiary/aromatic N) is 4. The quantitative estimate of drug-likeness (QED) is 0.0979. The Hall–Kier alpha value is -5.30. The highest BCUT2D eigenvalue weighted by atomic mass is 32.2. The van der Waals surface area contributed by atoms with E-state index in [0.29, 0.717) is 22.5 Å². The van der Waals surface area contributed by atoms with Crippen molar-refractivity contribution in [3.8, 4) is 0 Å². The van der Waals surface area contributed by atoms with Crippen LogP contribution in [0, 0.1) is 17.0 Å². The van der Waals surface area contributed by atoms with Crippen LogP contribution in [0.2, 0.25) is 0 Å². The van der Waals surface area contributed by atoms with Gasteiger partial charge in [-0.1, -0.05) is 35.0 Å². The van der Waals surface area contributed by atoms with E-state index in [-0.39, 0.29) is 36.0 Å². The molecule has 2 N–H and O–H groups in total. The number of anilines is 1. The number of esters is 1. The monoisotopic (exact) mass is 704 g/mol. The van der Waals surface area contributed by atoms with Crippen LogP contribution in [0.15, 0.2) is 70.8 Å². The first-order chi connectivity index (χ1) is 22.8. The van der Waals surface area contributed by atoms with Crippen LogP contribution in [0.25, 0.3) is 0 Å². The molecule has 3 amide bonds. The van der Waals surface area contributed by atoms with E-state index in [4.69, 9.17) is 9.57 Å². The smallest absolute Gasteiger partial charge is 0.456 e. The molecule has 3 aromatic rings. The van der Waals surface area contributed by atoms with Gasteiger partial charge in [0, 0.05) is 23.3 Å². The van der Waals surface area contributed by atoms with Crippen molar-refractivity contribution in [3.63, 3.8) is 0 Å². The zero-order chi connectivity index (χ0) is 34.6. The molecule has 0 saturated carbocycles. The van der Waals surface area contributed by atoms with Gasteiger partial charge in [-0.3, -0.25) is 34.7 Å². The van der Waals surface area contributed by atoms with Crippen LogP contribution in [-0.4, -0.2) is 67.6 Å². The van der Waals surface area contributed by atoms with Gasteiger partial charge in [0.1, 0.15) is 36.0 Å². The largest absolute Gasteiger partial charge is 0.471 e. The lowest BCUT2D eigenvalue weighted by molar-refractivity contribution is -0.384. The molecule has 0 bridgehead atoms. The van der Waals surface area contributed by atoms with Crippen LogP contribution in [-0.2, 0) is 42.0 Å². The number of hydrogen-bond acceptors (Lipinski definition) is 12. The lowest BCUT2D eigenvalue weighted by Gasteiger charge is -2.48. The molecular formula is C29H23F3N6O8S2. The highest BCUT2D eigenvalue weighted by Gasteiger charge is 2.53. The number of halogens is 3. The lowest BCUT2D eigenvalue weighted by atomic mass is 10.0. The van der Waals surface area contributed by atoms with Crippen molar-refractivity contribution >= 4 is 63.3 Å². The van der Waals surface area contributed by atoms with Gasteiger partial charge in [-0.15, -0.1) is 23.1 Å². The van der Waals surface area contributed by atoms with Crippen LogP contribution in [0.1, 0.15) is 22.4 Å². The normalized spacial score (nSPS) is 17.4. The van der Waals surface area contributed by atoms with Crippen molar-refractivity contribution in [1.82, 2.24) is 15.2 Å². The number of alkyl halides is 3. The van der Waals surface area contributed by atoms with Crippen molar-refractivity contribution < 1.29 is 46.8 Å². The van der Waals surface area contributed by atoms with E-state index in [1.807, 2.05) is 19.1 Å². The van der Waals surface area contributed by atoms with Gasteiger partial charge in [0.15, 0.2) is 10.8 Å². The van der Waals surface area contributed by atoms with E-state index in [1.54, 1.807) is 17.4 Å². The number of oxime groups is 1. The predicted octanol–water partition coefficient (Wildman–Crippen LogP) is 3.81. The fourth-order valence-corrected chi connectivity index (χ4v) is 6.23. The number of amides is 3. The molecule has 0 aliphatic carbocycles. The number of aromatic nitrogens is 1. The summed E-state index contributed by atoms with van der Waals surface area (Å²) in [5.74, 6) is -4.38. The van der Waals surface area contributed by atoms with Gasteiger partial charge in [-0.2, -0.15) is 13.2 Å². The molecule has 5 rings (SSSR count). The number of nitrogens with one attached hydrogen (secondary N) is 2. The molecule has 1 saturated heterocycles. The summed E-state index contributed by atoms with van der Waals surface area (Å²) in [6, 6.07) is 11.4. The van der Waals surface area contributed by atoms with Gasteiger partial charge in [-0.05, 0) is 36.3 Å². The van der Waals surface area contributed by atoms with Gasteiger partial charge < -0.3 is 14.9 Å². The Kier molecular flexibility index (Phi) is 10.1. The molecule has 1 fully saturated rings. The number of thioether (sulfide) groups is 1. The summed E-state index contributed by atoms with van der Waals surface area (Å²) in [4.78, 5) is 71.5. The summed E-state index contributed by atoms with van der Waals surface area (Å²) in [7, 11) is 0. The topological polar surface area (TPSA) is 182 Å². The maximum Gasteiger partial charge on any atom is 0.471 e. The fourth-order valence-electron chi connectivity index (χ4n) is 4.34. The number of nitro benzene ring substituents is 1. The van der Waals surface area contributed by atoms with Gasteiger partial charge >= 0.3 is 18.1 Å². The first kappa shape index (κ1) is 34.0. The Morgan fingerprint density at radius 1 is 1.10 bits per heavy atom. The number of nitro groups is 1. The highest BCUT2D eigenvalue weighted by molar-refractivity contribution is 8.00. The van der Waals surface area contributed by atoms with Gasteiger partial charge in [0.2, 0.25) is 0 Å². The number of carbonyl (C=O) groups excluding carboxylic acids is 4. The number of rotatable bonds is 11. The number of benzene rings is 2. The molecule has 0 radical (unpaired) electrons. The predicted molar refractivity (Wildman–Crippen MR) is 165 cm³/mol. The highest BCUT2D eigenvalue weighted by Crippen LogP contribution is 2.38. The Balaban J connectivity index is 1.26. The zero-order valence-electron chi connectivity index (χ0n) is 24.6. The number of carbonyl (C=O) groups is 4. The van der Waals surface area contributed by atoms with Crippen LogP contribution >= 0.6 is 23.1 Å². The Labute approximate surface area is 277 Å². The number of aryl methyl sites for hydroxylation is 1. The van der Waals surface area contributed by atoms with Crippen molar-refractivity contribution in [2.45, 2.75) is 37.7 Å². The molecule has 3 heterocycles. The molecule has 14 nitrogen and oxygen atoms in total. The molecular weight excluding hydrogens is 681 g/mol. The maximum absolute atomic E-state index is 13.4. The first-order valence-electron chi connectivity index (χ1n) is 13.8. The molecule has 1 unspecified atom stereocenters. The molecule has 2 aliphatic heterocycles. The Bertz CT molecular complexity index is 1810. The summed E-state index contributed by atoms with van der Waals surface area (Å²) in [5, 5.41) is 18.9. The second kappa shape index (κ2) is 14.2. The lowest BCUT2D eigenvalue weighted by Crippen LogP contribution is -2.70. The number of β-lactam (4-membered cyclic amide) rings is 1. The van der Waals surface area contributed by atoms with E-state index in [0.717, 1.165) is 10.5 Å². The van der Waals surface area contributed by atoms with Crippen molar-refractivity contribution in [3.05, 3.63) is 98.2 Å². The van der Waals surface area contributed by atoms with Crippen molar-refractivity contribution in [1.29, 1.82) is 0 Å². The minimum absolute atomic E-state index is 0.0453. The Morgan fingerprint density at radius 2 is 1.77 bits per heavy atom. The number of ether oxygens (including phenoxy) is 1. The van der Waals surface area contributed by atoms with Gasteiger partial charge in [0.25, 0.3) is 17.5 Å². The maximum atomic E-state index is 13.4. The fraction of sp³-hybridized carbons (Fsp3) is 0.241. The summed E-state index contributed by atoms with van der Waals surface area (Å²) in [6.45, 7) is 1.60. The van der Waals surface area contributed by atoms with Gasteiger partial charge in [0.05, 0.1) is 4.92 Å². The average molecular weight is 705 g/mol. The standard InChI is InChI=1S/C29H23F3N6O8S2/c1-15-2-4-17(5-3-15)13-46-36-21(19-14-48-28(33-19)35-27(42)29(30,31)32)23(39)34-22-24(40)37-20(10-11-47-25(22)37)26(41)45-12-16-6-8-18(9-7-16)38(43)44/h2-10,14,22,25H,11-13H2,1H3,(H,34,39)(H,33,35,42)/b36-21-/t22?,25-/m1/s1. The summed E-state index contributed by atoms with van der Waals surface area (Å²) < 4.78 is 43.5. The van der Waals surface area contributed by atoms with E-state index < -0.39 is 57.0 Å². The number of fused-ring (bicyclic) bond motifs is 1. The van der Waals surface area contributed by atoms with Crippen molar-refractivity contribution in [2.75, 3.05) is 11.1 Å². The van der Waals surface area contributed by atoms with E-state index >= 15 is 0 Å². The number of hydrogen-bond donors (Lipinski definition) is 2. The molecule has 2 atom stereocenters. The average Bonchev–Trinajstić information content (AvgIpc) is 3.52. The third-order valence-corrected chi connectivity index (χ3v) is 8.75. The third-order valence-electron chi connectivity index (χ3n) is 6.81. The molecule has 0 spiro atoms. The van der Waals surface area contributed by atoms with Crippen LogP contribution < -0.4 is 10.6 Å². The van der Waals surface area contributed by atoms with Crippen LogP contribution in [0.5, 0.6) is 0 Å². The zero-order valence-corrected chi connectivity index (χ0v) is 26.2. The SMILES string of the molecule is Cc1ccc(CO/N=C(\C(=O)NC2C(=O)N3C(C(=O)OCc4ccc([N+](=O)[O-])cc4)=CCS[C@H]23)c2csc(NC(=O)C(F)(F)F)n2)cc1. The van der Waals surface area contributed by atoms with E-state index in [2.05, 4.69) is 15.5 Å². The molecule has 48 heavy (non-hydrogen) atoms. The van der Waals surface area contributed by atoms with Crippen LogP contribution in [0.3, 0.4) is 0 Å². The third kappa shape index (κ3) is 7.80. The molecule has 19 heteroatoms. The van der Waals surface area contributed by atoms with Gasteiger partial charge in [-0.25, -0.2) is 9.78 Å². The summed E-state index contributed by atoms with van der Waals surface area (Å²) in [6.07, 6.45) is -3.68. The van der Waals surface area contributed by atoms with E-state index in [9.17, 15) is 42.5 Å². The number of thiazole rings is 1. The summed E-state index contributed by atoms with van der Waals surface area (Å²) >= 11 is 1.86. The molecule has 250 valence electrons. The number of non-ortho nitro benzene ring substituents is 1.